The first-order valence-corrected chi connectivity index (χ1v) is 12.0. The summed E-state index contributed by atoms with van der Waals surface area (Å²) in [5.41, 5.74) is 0. The van der Waals surface area contributed by atoms with Crippen LogP contribution in [-0.2, 0) is 38.0 Å². The second-order valence-electron chi connectivity index (χ2n) is 9.80. The van der Waals surface area contributed by atoms with E-state index >= 15 is 0 Å². The third-order valence-electron chi connectivity index (χ3n) is 5.21. The summed E-state index contributed by atoms with van der Waals surface area (Å²) < 4.78 is 253. The second kappa shape index (κ2) is 13.9. The first-order valence-electron chi connectivity index (χ1n) is 12.0. The van der Waals surface area contributed by atoms with Gasteiger partial charge >= 0.3 is 54.3 Å². The summed E-state index contributed by atoms with van der Waals surface area (Å²) >= 11 is 0. The van der Waals surface area contributed by atoms with Gasteiger partial charge in [-0.1, -0.05) is 13.8 Å². The lowest BCUT2D eigenvalue weighted by Gasteiger charge is -2.40. The average Bonchev–Trinajstić information content (AvgIpc) is 3.22. The number of halogens is 17. The maximum absolute atomic E-state index is 14.6. The van der Waals surface area contributed by atoms with Gasteiger partial charge in [0.15, 0.2) is 0 Å². The summed E-state index contributed by atoms with van der Waals surface area (Å²) in [7, 11) is 0. The molecule has 4 atom stereocenters. The van der Waals surface area contributed by atoms with Gasteiger partial charge in [-0.25, -0.2) is 4.79 Å². The Balaban J connectivity index is 3.17. The number of alkyl halides is 17. The van der Waals surface area contributed by atoms with E-state index in [2.05, 4.69) is 4.74 Å². The number of carbonyl (C=O) groups is 1. The van der Waals surface area contributed by atoms with E-state index in [1.54, 1.807) is 0 Å². The van der Waals surface area contributed by atoms with Crippen LogP contribution in [0.3, 0.4) is 0 Å². The van der Waals surface area contributed by atoms with E-state index in [1.165, 1.54) is 4.74 Å². The molecule has 1 saturated heterocycles. The van der Waals surface area contributed by atoms with Crippen molar-refractivity contribution in [3.05, 3.63) is 0 Å². The molecule has 0 saturated carbocycles. The highest BCUT2D eigenvalue weighted by Gasteiger charge is 2.85. The maximum atomic E-state index is 14.6. The zero-order valence-electron chi connectivity index (χ0n) is 23.1. The van der Waals surface area contributed by atoms with Crippen LogP contribution in [0, 0.1) is 5.92 Å². The summed E-state index contributed by atoms with van der Waals surface area (Å²) in [6, 6.07) is 0. The third-order valence-corrected chi connectivity index (χ3v) is 5.21. The number of rotatable bonds is 16. The van der Waals surface area contributed by atoms with E-state index in [0.29, 0.717) is 6.61 Å². The number of hydrogen-bond donors (Lipinski definition) is 0. The predicted octanol–water partition coefficient (Wildman–Crippen LogP) is 6.22. The van der Waals surface area contributed by atoms with Crippen molar-refractivity contribution in [2.24, 2.45) is 5.92 Å². The van der Waals surface area contributed by atoms with Gasteiger partial charge in [0, 0.05) is 6.61 Å². The van der Waals surface area contributed by atoms with Crippen molar-refractivity contribution in [2.75, 3.05) is 39.6 Å². The smallest absolute Gasteiger partial charge is 0.455 e. The zero-order valence-corrected chi connectivity index (χ0v) is 23.1. The van der Waals surface area contributed by atoms with Gasteiger partial charge in [-0.3, -0.25) is 9.47 Å². The van der Waals surface area contributed by atoms with Crippen LogP contribution in [0.4, 0.5) is 74.6 Å². The molecule has 0 amide bonds. The van der Waals surface area contributed by atoms with Crippen molar-refractivity contribution in [1.29, 1.82) is 0 Å². The Morgan fingerprint density at radius 3 is 1.74 bits per heavy atom. The highest BCUT2D eigenvalue weighted by Crippen LogP contribution is 2.56. The summed E-state index contributed by atoms with van der Waals surface area (Å²) in [6.45, 7) is 2.42. The molecule has 46 heavy (non-hydrogen) atoms. The van der Waals surface area contributed by atoms with Gasteiger partial charge in [0.1, 0.15) is 12.7 Å². The van der Waals surface area contributed by atoms with E-state index in [0.717, 1.165) is 6.92 Å². The van der Waals surface area contributed by atoms with E-state index in [4.69, 9.17) is 18.9 Å². The topological polar surface area (TPSA) is 81.7 Å². The lowest BCUT2D eigenvalue weighted by Crippen LogP contribution is -2.68. The molecular weight excluding hydrogens is 703 g/mol. The predicted molar refractivity (Wildman–Crippen MR) is 110 cm³/mol. The van der Waals surface area contributed by atoms with E-state index < -0.39 is 79.5 Å². The van der Waals surface area contributed by atoms with E-state index in [9.17, 15) is 79.4 Å². The highest BCUT2D eigenvalue weighted by atomic mass is 19.4. The third kappa shape index (κ3) is 9.35. The molecule has 274 valence electrons. The number of carbonyl (C=O) groups excluding carboxylic acids is 1. The fourth-order valence-electron chi connectivity index (χ4n) is 2.93. The molecule has 25 heteroatoms. The van der Waals surface area contributed by atoms with Crippen LogP contribution < -0.4 is 0 Å². The van der Waals surface area contributed by atoms with Crippen molar-refractivity contribution in [1.82, 2.24) is 0 Å². The minimum atomic E-state index is -8.13. The van der Waals surface area contributed by atoms with Crippen LogP contribution in [0.25, 0.3) is 0 Å². The van der Waals surface area contributed by atoms with Crippen LogP contribution in [0.15, 0.2) is 0 Å². The summed E-state index contributed by atoms with van der Waals surface area (Å²) in [5.74, 6) is -29.0. The molecule has 1 aliphatic rings. The Morgan fingerprint density at radius 2 is 1.28 bits per heavy atom. The molecule has 0 radical (unpaired) electrons. The van der Waals surface area contributed by atoms with Crippen molar-refractivity contribution in [3.8, 4) is 0 Å². The molecule has 8 nitrogen and oxygen atoms in total. The Kier molecular flexibility index (Phi) is 12.7. The first kappa shape index (κ1) is 42.1. The Hall–Kier alpha value is -1.96. The molecule has 0 aromatic carbocycles. The molecular formula is C21H23F17O8. The quantitative estimate of drug-likeness (QED) is 0.105. The van der Waals surface area contributed by atoms with E-state index in [1.807, 2.05) is 18.6 Å². The number of hydrogen-bond acceptors (Lipinski definition) is 8. The molecule has 1 aliphatic heterocycles. The van der Waals surface area contributed by atoms with Gasteiger partial charge in [0.05, 0.1) is 26.4 Å². The molecule has 0 aromatic rings. The molecule has 0 spiro atoms. The molecule has 0 aromatic heterocycles. The van der Waals surface area contributed by atoms with Crippen molar-refractivity contribution in [3.63, 3.8) is 0 Å². The van der Waals surface area contributed by atoms with Crippen molar-refractivity contribution < 1.29 is 113 Å². The highest BCUT2D eigenvalue weighted by molar-refractivity contribution is 5.79. The van der Waals surface area contributed by atoms with Gasteiger partial charge in [0.25, 0.3) is 0 Å². The Morgan fingerprint density at radius 1 is 0.761 bits per heavy atom. The van der Waals surface area contributed by atoms with Crippen LogP contribution in [0.2, 0.25) is 0 Å². The molecule has 1 fully saturated rings. The van der Waals surface area contributed by atoms with Crippen LogP contribution in [-0.4, -0.2) is 106 Å². The number of esters is 1. The van der Waals surface area contributed by atoms with Crippen LogP contribution in [0.1, 0.15) is 20.8 Å². The molecule has 0 aliphatic carbocycles. The molecule has 1 rings (SSSR count). The average molecular weight is 726 g/mol. The first-order chi connectivity index (χ1) is 20.3. The molecule has 1 heterocycles. The largest absolute Gasteiger partial charge is 0.462 e. The van der Waals surface area contributed by atoms with Crippen LogP contribution in [0.5, 0.6) is 0 Å². The molecule has 0 bridgehead atoms. The summed E-state index contributed by atoms with van der Waals surface area (Å²) in [6.07, 6.45) is -40.0. The SMILES string of the molecule is CC(C)COCCOCC1COC(C)(COC(=O)C(F)(OC(F)(F)C(F)(OC(F)(F)C(F)(F)C(F)(F)F)C(F)(F)F)C(F)(F)F)O1. The monoisotopic (exact) mass is 726 g/mol. The number of ether oxygens (including phenoxy) is 7. The summed E-state index contributed by atoms with van der Waals surface area (Å²) in [5, 5.41) is 0. The zero-order chi connectivity index (χ0) is 36.4. The second-order valence-corrected chi connectivity index (χ2v) is 9.80. The Labute approximate surface area is 246 Å². The van der Waals surface area contributed by atoms with E-state index in [-0.39, 0.29) is 25.7 Å². The van der Waals surface area contributed by atoms with Gasteiger partial charge in [0.2, 0.25) is 5.79 Å². The minimum absolute atomic E-state index is 0.0166. The maximum Gasteiger partial charge on any atom is 0.462 e. The summed E-state index contributed by atoms with van der Waals surface area (Å²) in [4.78, 5) is 11.9. The van der Waals surface area contributed by atoms with Crippen molar-refractivity contribution in [2.45, 2.75) is 81.0 Å². The molecule has 0 N–H and O–H groups in total. The standard InChI is InChI=1S/C21H23F17O8/c1-10(2)6-40-4-5-41-7-11-8-43-13(3,44-11)9-42-12(39)14(22,17(26,27)28)45-21(37,38)16(25,19(32,33)34)46-20(35,36)15(23,24)18(29,30)31/h10-11H,4-9H2,1-3H3. The lowest BCUT2D eigenvalue weighted by atomic mass is 10.2. The molecule has 4 unspecified atom stereocenters. The van der Waals surface area contributed by atoms with Gasteiger partial charge in [-0.2, -0.15) is 74.6 Å². The van der Waals surface area contributed by atoms with Crippen molar-refractivity contribution >= 4 is 5.97 Å². The van der Waals surface area contributed by atoms with Gasteiger partial charge in [-0.05, 0) is 12.8 Å². The van der Waals surface area contributed by atoms with Gasteiger partial charge < -0.3 is 23.7 Å². The lowest BCUT2D eigenvalue weighted by molar-refractivity contribution is -0.548. The fraction of sp³-hybridized carbons (Fsp3) is 0.952. The minimum Gasteiger partial charge on any atom is -0.455 e. The Bertz CT molecular complexity index is 1020. The van der Waals surface area contributed by atoms with Gasteiger partial charge in [-0.15, -0.1) is 0 Å². The van der Waals surface area contributed by atoms with Crippen LogP contribution >= 0.6 is 0 Å². The normalized spacial score (nSPS) is 23.4. The fourth-order valence-corrected chi connectivity index (χ4v) is 2.93.